The van der Waals surface area contributed by atoms with E-state index in [2.05, 4.69) is 51.4 Å². The van der Waals surface area contributed by atoms with Gasteiger partial charge in [0.15, 0.2) is 0 Å². The highest BCUT2D eigenvalue weighted by molar-refractivity contribution is 7.09. The van der Waals surface area contributed by atoms with Crippen molar-refractivity contribution in [2.45, 2.75) is 32.9 Å². The van der Waals surface area contributed by atoms with Crippen LogP contribution in [0.25, 0.3) is 11.3 Å². The third-order valence-corrected chi connectivity index (χ3v) is 5.21. The molecule has 7 heteroatoms. The summed E-state index contributed by atoms with van der Waals surface area (Å²) in [5.74, 6) is 0. The maximum Gasteiger partial charge on any atom is 0.408 e. The van der Waals surface area contributed by atoms with Crippen LogP contribution in [0.4, 0.5) is 10.5 Å². The van der Waals surface area contributed by atoms with Crippen LogP contribution in [0.1, 0.15) is 25.8 Å². The fourth-order valence-corrected chi connectivity index (χ4v) is 3.64. The lowest BCUT2D eigenvalue weighted by atomic mass is 10.1. The van der Waals surface area contributed by atoms with Crippen molar-refractivity contribution in [3.63, 3.8) is 0 Å². The summed E-state index contributed by atoms with van der Waals surface area (Å²) < 4.78 is 5.25. The number of thiazole rings is 1. The van der Waals surface area contributed by atoms with Gasteiger partial charge in [0.05, 0.1) is 12.2 Å². The first-order valence-corrected chi connectivity index (χ1v) is 10.1. The minimum Gasteiger partial charge on any atom is -0.444 e. The van der Waals surface area contributed by atoms with Gasteiger partial charge < -0.3 is 19.9 Å². The van der Waals surface area contributed by atoms with Crippen LogP contribution in [0.2, 0.25) is 0 Å². The molecule has 2 aromatic rings. The highest BCUT2D eigenvalue weighted by Crippen LogP contribution is 2.25. The van der Waals surface area contributed by atoms with Gasteiger partial charge in [-0.1, -0.05) is 12.1 Å². The smallest absolute Gasteiger partial charge is 0.408 e. The SMILES string of the molecule is CN1CCN(c2ccc(-c3csc(CNC(=O)OC(C)(C)C)n3)cc2)CC1. The van der Waals surface area contributed by atoms with Crippen LogP contribution < -0.4 is 10.2 Å². The van der Waals surface area contributed by atoms with Gasteiger partial charge in [-0.3, -0.25) is 0 Å². The molecule has 27 heavy (non-hydrogen) atoms. The molecule has 0 unspecified atom stereocenters. The fourth-order valence-electron chi connectivity index (χ4n) is 2.89. The van der Waals surface area contributed by atoms with E-state index in [1.54, 1.807) is 0 Å². The first-order valence-electron chi connectivity index (χ1n) is 9.25. The normalized spacial score (nSPS) is 15.6. The predicted molar refractivity (Wildman–Crippen MR) is 110 cm³/mol. The number of alkyl carbamates (subject to hydrolysis) is 1. The molecule has 0 atom stereocenters. The van der Waals surface area contributed by atoms with E-state index in [9.17, 15) is 4.79 Å². The largest absolute Gasteiger partial charge is 0.444 e. The van der Waals surface area contributed by atoms with Crippen LogP contribution in [-0.2, 0) is 11.3 Å². The Labute approximate surface area is 165 Å². The van der Waals surface area contributed by atoms with Crippen molar-refractivity contribution < 1.29 is 9.53 Å². The second-order valence-electron chi connectivity index (χ2n) is 7.82. The van der Waals surface area contributed by atoms with Gasteiger partial charge in [-0.05, 0) is 40.0 Å². The average Bonchev–Trinajstić information content (AvgIpc) is 3.08. The van der Waals surface area contributed by atoms with Gasteiger partial charge in [-0.15, -0.1) is 11.3 Å². The summed E-state index contributed by atoms with van der Waals surface area (Å²) in [6.45, 7) is 10.2. The maximum absolute atomic E-state index is 11.8. The lowest BCUT2D eigenvalue weighted by Gasteiger charge is -2.34. The molecule has 1 aromatic heterocycles. The highest BCUT2D eigenvalue weighted by atomic mass is 32.1. The van der Waals surface area contributed by atoms with Gasteiger partial charge in [0, 0.05) is 42.8 Å². The molecule has 0 bridgehead atoms. The number of hydrogen-bond donors (Lipinski definition) is 1. The van der Waals surface area contributed by atoms with Crippen LogP contribution in [-0.4, -0.2) is 54.8 Å². The van der Waals surface area contributed by atoms with E-state index >= 15 is 0 Å². The molecule has 0 aliphatic carbocycles. The Morgan fingerprint density at radius 1 is 1.19 bits per heavy atom. The number of anilines is 1. The van der Waals surface area contributed by atoms with Gasteiger partial charge in [-0.2, -0.15) is 0 Å². The van der Waals surface area contributed by atoms with Crippen LogP contribution in [0, 0.1) is 0 Å². The molecule has 0 spiro atoms. The van der Waals surface area contributed by atoms with Crippen molar-refractivity contribution in [3.05, 3.63) is 34.7 Å². The summed E-state index contributed by atoms with van der Waals surface area (Å²) >= 11 is 1.54. The van der Waals surface area contributed by atoms with E-state index in [4.69, 9.17) is 4.74 Å². The number of nitrogens with zero attached hydrogens (tertiary/aromatic N) is 3. The Bertz CT molecular complexity index is 759. The van der Waals surface area contributed by atoms with Crippen LogP contribution in [0.3, 0.4) is 0 Å². The molecule has 146 valence electrons. The molecule has 2 heterocycles. The van der Waals surface area contributed by atoms with E-state index in [0.717, 1.165) is 42.4 Å². The van der Waals surface area contributed by atoms with Crippen molar-refractivity contribution in [1.29, 1.82) is 0 Å². The molecule has 3 rings (SSSR count). The number of ether oxygens (including phenoxy) is 1. The van der Waals surface area contributed by atoms with Crippen LogP contribution in [0.15, 0.2) is 29.6 Å². The summed E-state index contributed by atoms with van der Waals surface area (Å²) in [7, 11) is 2.16. The van der Waals surface area contributed by atoms with Crippen molar-refractivity contribution in [1.82, 2.24) is 15.2 Å². The second kappa shape index (κ2) is 8.27. The molecular weight excluding hydrogens is 360 g/mol. The summed E-state index contributed by atoms with van der Waals surface area (Å²) in [6, 6.07) is 8.57. The Hall–Kier alpha value is -2.12. The van der Waals surface area contributed by atoms with E-state index in [1.807, 2.05) is 26.2 Å². The van der Waals surface area contributed by atoms with Crippen molar-refractivity contribution >= 4 is 23.1 Å². The maximum atomic E-state index is 11.8. The Kier molecular flexibility index (Phi) is 6.01. The number of benzene rings is 1. The number of hydrogen-bond acceptors (Lipinski definition) is 6. The molecule has 6 nitrogen and oxygen atoms in total. The van der Waals surface area contributed by atoms with Crippen molar-refractivity contribution in [2.24, 2.45) is 0 Å². The molecule has 1 aliphatic heterocycles. The number of rotatable bonds is 4. The number of aromatic nitrogens is 1. The molecular formula is C20H28N4O2S. The summed E-state index contributed by atoms with van der Waals surface area (Å²) in [4.78, 5) is 21.2. The Morgan fingerprint density at radius 2 is 1.85 bits per heavy atom. The van der Waals surface area contributed by atoms with E-state index in [1.165, 1.54) is 17.0 Å². The van der Waals surface area contributed by atoms with E-state index in [-0.39, 0.29) is 0 Å². The molecule has 1 N–H and O–H groups in total. The standard InChI is InChI=1S/C20H28N4O2S/c1-20(2,3)26-19(25)21-13-18-22-17(14-27-18)15-5-7-16(8-6-15)24-11-9-23(4)10-12-24/h5-8,14H,9-13H2,1-4H3,(H,21,25). The van der Waals surface area contributed by atoms with Gasteiger partial charge in [0.1, 0.15) is 10.6 Å². The van der Waals surface area contributed by atoms with E-state index in [0.29, 0.717) is 6.54 Å². The lowest BCUT2D eigenvalue weighted by molar-refractivity contribution is 0.0523. The number of piperazine rings is 1. The minimum atomic E-state index is -0.496. The highest BCUT2D eigenvalue weighted by Gasteiger charge is 2.17. The van der Waals surface area contributed by atoms with Gasteiger partial charge >= 0.3 is 6.09 Å². The van der Waals surface area contributed by atoms with E-state index < -0.39 is 11.7 Å². The van der Waals surface area contributed by atoms with Gasteiger partial charge in [0.2, 0.25) is 0 Å². The zero-order valence-electron chi connectivity index (χ0n) is 16.5. The lowest BCUT2D eigenvalue weighted by Crippen LogP contribution is -2.44. The van der Waals surface area contributed by atoms with Gasteiger partial charge in [-0.25, -0.2) is 9.78 Å². The first kappa shape index (κ1) is 19.6. The molecule has 1 amide bonds. The van der Waals surface area contributed by atoms with Crippen LogP contribution >= 0.6 is 11.3 Å². The summed E-state index contributed by atoms with van der Waals surface area (Å²) in [5, 5.41) is 5.64. The third-order valence-electron chi connectivity index (χ3n) is 4.37. The predicted octanol–water partition coefficient (Wildman–Crippen LogP) is 3.59. The van der Waals surface area contributed by atoms with Gasteiger partial charge in [0.25, 0.3) is 0 Å². The quantitative estimate of drug-likeness (QED) is 0.867. The zero-order valence-corrected chi connectivity index (χ0v) is 17.3. The second-order valence-corrected chi connectivity index (χ2v) is 8.76. The number of likely N-dealkylation sites (N-methyl/N-ethyl adjacent to an activating group) is 1. The number of nitrogens with one attached hydrogen (secondary N) is 1. The molecule has 1 fully saturated rings. The first-order chi connectivity index (χ1) is 12.8. The average molecular weight is 389 g/mol. The topological polar surface area (TPSA) is 57.7 Å². The zero-order chi connectivity index (χ0) is 19.4. The monoisotopic (exact) mass is 388 g/mol. The number of carbonyl (C=O) groups is 1. The number of amides is 1. The third kappa shape index (κ3) is 5.68. The Morgan fingerprint density at radius 3 is 2.48 bits per heavy atom. The molecule has 1 aliphatic rings. The molecule has 0 saturated carbocycles. The molecule has 1 saturated heterocycles. The van der Waals surface area contributed by atoms with Crippen LogP contribution in [0.5, 0.6) is 0 Å². The molecule has 0 radical (unpaired) electrons. The van der Waals surface area contributed by atoms with Crippen molar-refractivity contribution in [2.75, 3.05) is 38.1 Å². The van der Waals surface area contributed by atoms with Crippen molar-refractivity contribution in [3.8, 4) is 11.3 Å². The number of carbonyl (C=O) groups excluding carboxylic acids is 1. The Balaban J connectivity index is 1.57. The molecule has 1 aromatic carbocycles. The minimum absolute atomic E-state index is 0.374. The summed E-state index contributed by atoms with van der Waals surface area (Å²) in [6.07, 6.45) is -0.421. The summed E-state index contributed by atoms with van der Waals surface area (Å²) in [5.41, 5.74) is 2.79. The fraction of sp³-hybridized carbons (Fsp3) is 0.500.